The molecule has 3 aromatic rings. The lowest BCUT2D eigenvalue weighted by Crippen LogP contribution is -2.40. The standard InChI is InChI=1S/C24H22Cl2N4O3/c1-2-22(31)29-11-3-4-16(13-29)30-14-19(24(27)32)23(28-30)15-5-7-17(8-6-15)33-18-9-10-20(25)21(26)12-18/h2,5-10,12,14,16H,1,3-4,11,13H2,(H2,27,32)/t16-/m1/s1. The smallest absolute Gasteiger partial charge is 0.252 e. The molecular weight excluding hydrogens is 463 g/mol. The van der Waals surface area contributed by atoms with Crippen LogP contribution < -0.4 is 10.5 Å². The predicted molar refractivity (Wildman–Crippen MR) is 128 cm³/mol. The highest BCUT2D eigenvalue weighted by Crippen LogP contribution is 2.32. The normalized spacial score (nSPS) is 15.8. The molecule has 0 aliphatic carbocycles. The number of ether oxygens (including phenoxy) is 1. The van der Waals surface area contributed by atoms with Crippen molar-refractivity contribution in [1.82, 2.24) is 14.7 Å². The van der Waals surface area contributed by atoms with E-state index in [1.54, 1.807) is 58.2 Å². The molecule has 0 spiro atoms. The van der Waals surface area contributed by atoms with Gasteiger partial charge in [0.25, 0.3) is 5.91 Å². The largest absolute Gasteiger partial charge is 0.457 e. The van der Waals surface area contributed by atoms with E-state index >= 15 is 0 Å². The summed E-state index contributed by atoms with van der Waals surface area (Å²) in [4.78, 5) is 25.9. The molecule has 33 heavy (non-hydrogen) atoms. The van der Waals surface area contributed by atoms with E-state index in [4.69, 9.17) is 33.7 Å². The Morgan fingerprint density at radius 2 is 1.85 bits per heavy atom. The van der Waals surface area contributed by atoms with Gasteiger partial charge in [0.15, 0.2) is 0 Å². The number of halogens is 2. The number of aromatic nitrogens is 2. The molecule has 9 heteroatoms. The number of hydrogen-bond acceptors (Lipinski definition) is 4. The summed E-state index contributed by atoms with van der Waals surface area (Å²) in [7, 11) is 0. The van der Waals surface area contributed by atoms with Crippen molar-refractivity contribution in [3.8, 4) is 22.8 Å². The van der Waals surface area contributed by atoms with Gasteiger partial charge in [0.1, 0.15) is 17.2 Å². The van der Waals surface area contributed by atoms with Gasteiger partial charge in [0, 0.05) is 30.9 Å². The van der Waals surface area contributed by atoms with Crippen LogP contribution in [0.5, 0.6) is 11.5 Å². The molecule has 0 bridgehead atoms. The van der Waals surface area contributed by atoms with Gasteiger partial charge >= 0.3 is 0 Å². The number of likely N-dealkylation sites (tertiary alicyclic amines) is 1. The van der Waals surface area contributed by atoms with Crippen LogP contribution in [0.1, 0.15) is 29.2 Å². The zero-order valence-electron chi connectivity index (χ0n) is 17.7. The fraction of sp³-hybridized carbons (Fsp3) is 0.208. The highest BCUT2D eigenvalue weighted by atomic mass is 35.5. The number of carbonyl (C=O) groups is 2. The number of nitrogens with zero attached hydrogens (tertiary/aromatic N) is 3. The third-order valence-corrected chi connectivity index (χ3v) is 6.25. The first-order valence-electron chi connectivity index (χ1n) is 10.4. The van der Waals surface area contributed by atoms with E-state index in [9.17, 15) is 9.59 Å². The van der Waals surface area contributed by atoms with Crippen LogP contribution in [0.15, 0.2) is 61.3 Å². The lowest BCUT2D eigenvalue weighted by Gasteiger charge is -2.32. The van der Waals surface area contributed by atoms with Crippen LogP contribution in [0.2, 0.25) is 10.0 Å². The van der Waals surface area contributed by atoms with Crippen LogP contribution in [0.3, 0.4) is 0 Å². The predicted octanol–water partition coefficient (Wildman–Crippen LogP) is 5.10. The SMILES string of the molecule is C=CC(=O)N1CCC[C@@H](n2cc(C(N)=O)c(-c3ccc(Oc4ccc(Cl)c(Cl)c4)cc3)n2)C1. The molecule has 2 N–H and O–H groups in total. The Balaban J connectivity index is 1.57. The van der Waals surface area contributed by atoms with Crippen molar-refractivity contribution in [1.29, 1.82) is 0 Å². The molecule has 7 nitrogen and oxygen atoms in total. The molecule has 2 amide bonds. The maximum atomic E-state index is 12.1. The molecule has 170 valence electrons. The van der Waals surface area contributed by atoms with E-state index in [1.807, 2.05) is 0 Å². The van der Waals surface area contributed by atoms with Gasteiger partial charge < -0.3 is 15.4 Å². The van der Waals surface area contributed by atoms with E-state index in [-0.39, 0.29) is 11.9 Å². The first-order valence-corrected chi connectivity index (χ1v) is 11.1. The van der Waals surface area contributed by atoms with Crippen LogP contribution >= 0.6 is 23.2 Å². The zero-order chi connectivity index (χ0) is 23.5. The van der Waals surface area contributed by atoms with Crippen LogP contribution in [-0.4, -0.2) is 39.6 Å². The van der Waals surface area contributed by atoms with Crippen LogP contribution in [0.25, 0.3) is 11.3 Å². The van der Waals surface area contributed by atoms with Gasteiger partial charge in [-0.1, -0.05) is 29.8 Å². The zero-order valence-corrected chi connectivity index (χ0v) is 19.2. The molecular formula is C24H22Cl2N4O3. The van der Waals surface area contributed by atoms with Gasteiger partial charge in [-0.15, -0.1) is 0 Å². The molecule has 2 aromatic carbocycles. The van der Waals surface area contributed by atoms with Gasteiger partial charge in [-0.2, -0.15) is 5.10 Å². The average molecular weight is 485 g/mol. The topological polar surface area (TPSA) is 90.5 Å². The number of nitrogens with two attached hydrogens (primary N) is 1. The lowest BCUT2D eigenvalue weighted by atomic mass is 10.1. The van der Waals surface area contributed by atoms with Crippen molar-refractivity contribution < 1.29 is 14.3 Å². The fourth-order valence-corrected chi connectivity index (χ4v) is 4.12. The number of rotatable bonds is 6. The first-order chi connectivity index (χ1) is 15.9. The summed E-state index contributed by atoms with van der Waals surface area (Å²) in [5.74, 6) is 0.459. The van der Waals surface area contributed by atoms with Gasteiger partial charge in [0.2, 0.25) is 5.91 Å². The Morgan fingerprint density at radius 1 is 1.12 bits per heavy atom. The third-order valence-electron chi connectivity index (χ3n) is 5.51. The molecule has 4 rings (SSSR count). The van der Waals surface area contributed by atoms with Crippen LogP contribution in [0, 0.1) is 0 Å². The summed E-state index contributed by atoms with van der Waals surface area (Å²) in [6, 6.07) is 12.1. The van der Waals surface area contributed by atoms with E-state index in [0.717, 1.165) is 18.4 Å². The minimum absolute atomic E-state index is 0.0493. The number of amides is 2. The number of piperidine rings is 1. The van der Waals surface area contributed by atoms with E-state index in [0.29, 0.717) is 45.9 Å². The summed E-state index contributed by atoms with van der Waals surface area (Å²) in [5, 5.41) is 5.51. The molecule has 1 aromatic heterocycles. The first kappa shape index (κ1) is 22.9. The molecule has 1 atom stereocenters. The molecule has 1 aliphatic rings. The summed E-state index contributed by atoms with van der Waals surface area (Å²) in [6.45, 7) is 4.74. The van der Waals surface area contributed by atoms with Crippen LogP contribution in [0.4, 0.5) is 0 Å². The maximum absolute atomic E-state index is 12.1. The summed E-state index contributed by atoms with van der Waals surface area (Å²) >= 11 is 12.0. The van der Waals surface area contributed by atoms with Crippen molar-refractivity contribution in [2.24, 2.45) is 5.73 Å². The molecule has 0 unspecified atom stereocenters. The molecule has 1 saturated heterocycles. The molecule has 1 aliphatic heterocycles. The number of primary amides is 1. The van der Waals surface area contributed by atoms with Crippen molar-refractivity contribution >= 4 is 35.0 Å². The Hall–Kier alpha value is -3.29. The fourth-order valence-electron chi connectivity index (χ4n) is 3.83. The molecule has 0 saturated carbocycles. The monoisotopic (exact) mass is 484 g/mol. The lowest BCUT2D eigenvalue weighted by molar-refractivity contribution is -0.127. The third kappa shape index (κ3) is 5.05. The summed E-state index contributed by atoms with van der Waals surface area (Å²) in [5.41, 5.74) is 7.16. The number of carbonyl (C=O) groups excluding carboxylic acids is 2. The Morgan fingerprint density at radius 3 is 2.52 bits per heavy atom. The van der Waals surface area contributed by atoms with Gasteiger partial charge in [-0.05, 0) is 55.3 Å². The molecule has 2 heterocycles. The van der Waals surface area contributed by atoms with Crippen molar-refractivity contribution in [3.63, 3.8) is 0 Å². The molecule has 0 radical (unpaired) electrons. The van der Waals surface area contributed by atoms with E-state index < -0.39 is 5.91 Å². The van der Waals surface area contributed by atoms with E-state index in [2.05, 4.69) is 11.7 Å². The Bertz CT molecular complexity index is 1210. The highest BCUT2D eigenvalue weighted by Gasteiger charge is 2.26. The van der Waals surface area contributed by atoms with Gasteiger partial charge in [-0.25, -0.2) is 0 Å². The minimum Gasteiger partial charge on any atom is -0.457 e. The highest BCUT2D eigenvalue weighted by molar-refractivity contribution is 6.42. The van der Waals surface area contributed by atoms with Gasteiger partial charge in [0.05, 0.1) is 21.7 Å². The van der Waals surface area contributed by atoms with Crippen molar-refractivity contribution in [3.05, 3.63) is 76.9 Å². The Kier molecular flexibility index (Phi) is 6.72. The number of benzene rings is 2. The van der Waals surface area contributed by atoms with E-state index in [1.165, 1.54) is 6.08 Å². The second kappa shape index (κ2) is 9.68. The second-order valence-electron chi connectivity index (χ2n) is 7.72. The summed E-state index contributed by atoms with van der Waals surface area (Å²) in [6.07, 6.45) is 4.65. The maximum Gasteiger partial charge on any atom is 0.252 e. The minimum atomic E-state index is -0.567. The quantitative estimate of drug-likeness (QED) is 0.492. The summed E-state index contributed by atoms with van der Waals surface area (Å²) < 4.78 is 7.56. The van der Waals surface area contributed by atoms with Crippen LogP contribution in [-0.2, 0) is 4.79 Å². The number of hydrogen-bond donors (Lipinski definition) is 1. The average Bonchev–Trinajstić information content (AvgIpc) is 3.27. The second-order valence-corrected chi connectivity index (χ2v) is 8.54. The van der Waals surface area contributed by atoms with Crippen molar-refractivity contribution in [2.45, 2.75) is 18.9 Å². The Labute approximate surface area is 201 Å². The van der Waals surface area contributed by atoms with Gasteiger partial charge in [-0.3, -0.25) is 14.3 Å². The van der Waals surface area contributed by atoms with Crippen molar-refractivity contribution in [2.75, 3.05) is 13.1 Å². The molecule has 1 fully saturated rings.